The van der Waals surface area contributed by atoms with Gasteiger partial charge in [0.15, 0.2) is 0 Å². The molecular formula is C13H14FNO2S2Si. The van der Waals surface area contributed by atoms with Crippen LogP contribution in [0.1, 0.15) is 0 Å². The first-order chi connectivity index (χ1) is 9.20. The molecular weight excluding hydrogens is 313 g/mol. The van der Waals surface area contributed by atoms with E-state index in [9.17, 15) is 12.8 Å². The molecule has 0 saturated heterocycles. The van der Waals surface area contributed by atoms with Crippen LogP contribution in [0.4, 0.5) is 4.39 Å². The Morgan fingerprint density at radius 1 is 1.30 bits per heavy atom. The lowest BCUT2D eigenvalue weighted by Crippen LogP contribution is -2.20. The largest absolute Gasteiger partial charge is 0.267 e. The zero-order valence-electron chi connectivity index (χ0n) is 11.3. The second-order valence-corrected chi connectivity index (χ2v) is 13.3. The number of rotatable bonds is 2. The highest BCUT2D eigenvalue weighted by Crippen LogP contribution is 2.27. The van der Waals surface area contributed by atoms with Crippen molar-refractivity contribution in [1.82, 2.24) is 4.98 Å². The van der Waals surface area contributed by atoms with Gasteiger partial charge >= 0.3 is 0 Å². The Balaban J connectivity index is 2.41. The number of thiazole rings is 1. The normalized spacial score (nSPS) is 13.8. The molecule has 0 bridgehead atoms. The number of alkyl halides is 1. The fraction of sp³-hybridized carbons (Fsp3) is 0.308. The second-order valence-electron chi connectivity index (χ2n) is 5.33. The van der Waals surface area contributed by atoms with E-state index in [0.29, 0.717) is 5.52 Å². The Bertz CT molecular complexity index is 764. The van der Waals surface area contributed by atoms with Crippen LogP contribution in [0.5, 0.6) is 0 Å². The van der Waals surface area contributed by atoms with Crippen molar-refractivity contribution in [3.05, 3.63) is 24.3 Å². The van der Waals surface area contributed by atoms with Gasteiger partial charge < -0.3 is 0 Å². The topological polar surface area (TPSA) is 47.0 Å². The fourth-order valence-corrected chi connectivity index (χ4v) is 4.38. The number of para-hydroxylation sites is 1. The highest BCUT2D eigenvalue weighted by molar-refractivity contribution is 7.94. The molecule has 1 aromatic heterocycles. The van der Waals surface area contributed by atoms with Crippen LogP contribution >= 0.6 is 11.3 Å². The van der Waals surface area contributed by atoms with Crippen LogP contribution in [0.25, 0.3) is 10.2 Å². The summed E-state index contributed by atoms with van der Waals surface area (Å²) >= 11 is 0.970. The quantitative estimate of drug-likeness (QED) is 0.628. The lowest BCUT2D eigenvalue weighted by molar-refractivity contribution is 0.483. The molecule has 0 radical (unpaired) electrons. The molecule has 2 rings (SSSR count). The summed E-state index contributed by atoms with van der Waals surface area (Å²) in [5.41, 5.74) is 1.09. The molecule has 0 aliphatic carbocycles. The maximum atomic E-state index is 14.0. The summed E-state index contributed by atoms with van der Waals surface area (Å²) in [7, 11) is -5.95. The molecule has 1 unspecified atom stereocenters. The Morgan fingerprint density at radius 2 is 1.95 bits per heavy atom. The predicted molar refractivity (Wildman–Crippen MR) is 82.8 cm³/mol. The van der Waals surface area contributed by atoms with Crippen molar-refractivity contribution >= 4 is 39.5 Å². The molecule has 0 aliphatic heterocycles. The van der Waals surface area contributed by atoms with Crippen molar-refractivity contribution in [2.75, 3.05) is 0 Å². The Labute approximate surface area is 122 Å². The summed E-state index contributed by atoms with van der Waals surface area (Å²) in [5.74, 6) is 2.23. The molecule has 1 heterocycles. The van der Waals surface area contributed by atoms with Gasteiger partial charge in [0.25, 0.3) is 5.50 Å². The summed E-state index contributed by atoms with van der Waals surface area (Å²) in [6.07, 6.45) is 0. The van der Waals surface area contributed by atoms with Crippen molar-refractivity contribution in [3.8, 4) is 11.5 Å². The first-order valence-corrected chi connectivity index (χ1v) is 11.8. The van der Waals surface area contributed by atoms with E-state index in [1.54, 1.807) is 24.3 Å². The molecule has 0 N–H and O–H groups in total. The van der Waals surface area contributed by atoms with Crippen LogP contribution in [-0.2, 0) is 9.84 Å². The number of aromatic nitrogens is 1. The SMILES string of the molecule is C[Si](C)(C)C#CC(F)S(=O)(=O)c1nc2ccccc2s1. The minimum Gasteiger partial charge on any atom is -0.225 e. The highest BCUT2D eigenvalue weighted by Gasteiger charge is 2.29. The predicted octanol–water partition coefficient (Wildman–Crippen LogP) is 3.25. The first-order valence-electron chi connectivity index (χ1n) is 5.96. The minimum atomic E-state index is -4.13. The molecule has 2 aromatic rings. The number of hydrogen-bond donors (Lipinski definition) is 0. The number of fused-ring (bicyclic) bond motifs is 1. The maximum Gasteiger partial charge on any atom is 0.267 e. The van der Waals surface area contributed by atoms with Gasteiger partial charge in [0.1, 0.15) is 8.07 Å². The lowest BCUT2D eigenvalue weighted by Gasteiger charge is -2.05. The molecule has 0 aliphatic rings. The maximum absolute atomic E-state index is 14.0. The van der Waals surface area contributed by atoms with Crippen molar-refractivity contribution in [2.24, 2.45) is 0 Å². The van der Waals surface area contributed by atoms with Crippen molar-refractivity contribution in [1.29, 1.82) is 0 Å². The molecule has 0 saturated carbocycles. The number of sulfone groups is 1. The summed E-state index contributed by atoms with van der Waals surface area (Å²) in [6, 6.07) is 7.00. The zero-order valence-corrected chi connectivity index (χ0v) is 14.0. The van der Waals surface area contributed by atoms with Crippen LogP contribution in [0.2, 0.25) is 19.6 Å². The molecule has 3 nitrogen and oxygen atoms in total. The van der Waals surface area contributed by atoms with Crippen LogP contribution in [0.15, 0.2) is 28.6 Å². The second kappa shape index (κ2) is 5.28. The van der Waals surface area contributed by atoms with E-state index in [-0.39, 0.29) is 4.34 Å². The Kier molecular flexibility index (Phi) is 4.00. The van der Waals surface area contributed by atoms with Crippen LogP contribution in [0, 0.1) is 11.5 Å². The van der Waals surface area contributed by atoms with E-state index >= 15 is 0 Å². The standard InChI is InChI=1S/C13H14FNO2S2Si/c1-20(2,3)9-8-12(14)19(16,17)13-15-10-6-4-5-7-11(10)18-13/h4-7,12H,1-3H3. The summed E-state index contributed by atoms with van der Waals surface area (Å²) in [4.78, 5) is 3.98. The molecule has 1 atom stereocenters. The summed E-state index contributed by atoms with van der Waals surface area (Å²) < 4.78 is 38.7. The zero-order chi connectivity index (χ0) is 15.0. The van der Waals surface area contributed by atoms with E-state index in [1.165, 1.54) is 0 Å². The van der Waals surface area contributed by atoms with Crippen molar-refractivity contribution in [2.45, 2.75) is 29.5 Å². The molecule has 20 heavy (non-hydrogen) atoms. The lowest BCUT2D eigenvalue weighted by atomic mass is 10.3. The van der Waals surface area contributed by atoms with Crippen LogP contribution in [-0.4, -0.2) is 27.0 Å². The van der Waals surface area contributed by atoms with E-state index in [0.717, 1.165) is 16.0 Å². The monoisotopic (exact) mass is 327 g/mol. The average Bonchev–Trinajstić information content (AvgIpc) is 2.79. The summed E-state index contributed by atoms with van der Waals surface area (Å²) in [5, 5.41) is 0. The van der Waals surface area contributed by atoms with Crippen LogP contribution in [0.3, 0.4) is 0 Å². The Hall–Kier alpha value is -1.23. The molecule has 0 amide bonds. The third-order valence-electron chi connectivity index (χ3n) is 2.35. The van der Waals surface area contributed by atoms with Gasteiger partial charge in [0, 0.05) is 0 Å². The molecule has 0 fully saturated rings. The third-order valence-corrected chi connectivity index (χ3v) is 6.26. The van der Waals surface area contributed by atoms with Gasteiger partial charge in [0.05, 0.1) is 10.2 Å². The fourth-order valence-electron chi connectivity index (χ4n) is 1.41. The molecule has 7 heteroatoms. The van der Waals surface area contributed by atoms with Gasteiger partial charge in [-0.2, -0.15) is 0 Å². The first kappa shape index (κ1) is 15.2. The van der Waals surface area contributed by atoms with E-state index in [1.807, 2.05) is 19.6 Å². The number of nitrogens with zero attached hydrogens (tertiary/aromatic N) is 1. The number of benzene rings is 1. The van der Waals surface area contributed by atoms with E-state index < -0.39 is 23.4 Å². The minimum absolute atomic E-state index is 0.212. The molecule has 1 aromatic carbocycles. The van der Waals surface area contributed by atoms with Gasteiger partial charge in [-0.1, -0.05) is 37.7 Å². The van der Waals surface area contributed by atoms with Gasteiger partial charge in [-0.3, -0.25) is 0 Å². The van der Waals surface area contributed by atoms with Gasteiger partial charge in [-0.15, -0.1) is 16.9 Å². The number of halogens is 1. The van der Waals surface area contributed by atoms with Gasteiger partial charge in [-0.25, -0.2) is 17.8 Å². The smallest absolute Gasteiger partial charge is 0.225 e. The van der Waals surface area contributed by atoms with Gasteiger partial charge in [0.2, 0.25) is 14.2 Å². The molecule has 106 valence electrons. The Morgan fingerprint density at radius 3 is 2.55 bits per heavy atom. The third kappa shape index (κ3) is 3.26. The molecule has 0 spiro atoms. The number of hydrogen-bond acceptors (Lipinski definition) is 4. The summed E-state index contributed by atoms with van der Waals surface area (Å²) in [6.45, 7) is 5.78. The highest BCUT2D eigenvalue weighted by atomic mass is 32.2. The average molecular weight is 327 g/mol. The van der Waals surface area contributed by atoms with E-state index in [4.69, 9.17) is 0 Å². The van der Waals surface area contributed by atoms with Crippen molar-refractivity contribution < 1.29 is 12.8 Å². The van der Waals surface area contributed by atoms with Gasteiger partial charge in [-0.05, 0) is 12.1 Å². The van der Waals surface area contributed by atoms with Crippen LogP contribution < -0.4 is 0 Å². The van der Waals surface area contributed by atoms with E-state index in [2.05, 4.69) is 16.4 Å². The van der Waals surface area contributed by atoms with Crippen molar-refractivity contribution in [3.63, 3.8) is 0 Å².